The van der Waals surface area contributed by atoms with E-state index in [-0.39, 0.29) is 0 Å². The molecular weight excluding hydrogens is 285 g/mol. The summed E-state index contributed by atoms with van der Waals surface area (Å²) in [6.07, 6.45) is 4.55. The van der Waals surface area contributed by atoms with Gasteiger partial charge in [0.05, 0.1) is 17.7 Å². The number of aromatic nitrogens is 3. The van der Waals surface area contributed by atoms with Crippen molar-refractivity contribution in [1.82, 2.24) is 14.5 Å². The van der Waals surface area contributed by atoms with Gasteiger partial charge in [0, 0.05) is 25.1 Å². The number of alkyl halides is 1. The third-order valence-electron chi connectivity index (χ3n) is 3.39. The Bertz CT molecular complexity index is 579. The number of hydrogen-bond donors (Lipinski definition) is 0. The molecular formula is C13H15Cl2N3O. The minimum atomic E-state index is 0.297. The van der Waals surface area contributed by atoms with Gasteiger partial charge in [-0.2, -0.15) is 0 Å². The second-order valence-electron chi connectivity index (χ2n) is 4.70. The van der Waals surface area contributed by atoms with E-state index < -0.39 is 0 Å². The number of fused-ring (bicyclic) bond motifs is 1. The maximum absolute atomic E-state index is 5.98. The van der Waals surface area contributed by atoms with Gasteiger partial charge in [-0.25, -0.2) is 9.97 Å². The fourth-order valence-corrected chi connectivity index (χ4v) is 2.90. The molecule has 0 aliphatic carbocycles. The first-order chi connectivity index (χ1) is 9.29. The topological polar surface area (TPSA) is 39.9 Å². The van der Waals surface area contributed by atoms with Gasteiger partial charge in [0.25, 0.3) is 0 Å². The molecule has 0 radical (unpaired) electrons. The summed E-state index contributed by atoms with van der Waals surface area (Å²) in [4.78, 5) is 9.04. The molecule has 0 bridgehead atoms. The first-order valence-corrected chi connectivity index (χ1v) is 7.37. The summed E-state index contributed by atoms with van der Waals surface area (Å²) in [5, 5.41) is 0.606. The first kappa shape index (κ1) is 13.2. The van der Waals surface area contributed by atoms with Crippen LogP contribution in [0.25, 0.3) is 11.2 Å². The maximum Gasteiger partial charge on any atom is 0.160 e. The second kappa shape index (κ2) is 5.65. The van der Waals surface area contributed by atoms with E-state index in [0.29, 0.717) is 23.6 Å². The summed E-state index contributed by atoms with van der Waals surface area (Å²) >= 11 is 11.9. The highest BCUT2D eigenvalue weighted by atomic mass is 35.5. The Morgan fingerprint density at radius 2 is 2.37 bits per heavy atom. The summed E-state index contributed by atoms with van der Waals surface area (Å²) < 4.78 is 7.75. The molecule has 2 aromatic rings. The zero-order chi connectivity index (χ0) is 13.2. The van der Waals surface area contributed by atoms with Crippen LogP contribution < -0.4 is 0 Å². The summed E-state index contributed by atoms with van der Waals surface area (Å²) in [7, 11) is 0. The molecule has 1 unspecified atom stereocenters. The number of pyridine rings is 1. The average Bonchev–Trinajstić information content (AvgIpc) is 2.77. The van der Waals surface area contributed by atoms with Crippen LogP contribution in [0.5, 0.6) is 0 Å². The number of ether oxygens (including phenoxy) is 1. The minimum absolute atomic E-state index is 0.297. The van der Waals surface area contributed by atoms with E-state index in [1.54, 1.807) is 6.20 Å². The summed E-state index contributed by atoms with van der Waals surface area (Å²) in [6.45, 7) is 1.55. The highest BCUT2D eigenvalue weighted by Gasteiger charge is 2.22. The van der Waals surface area contributed by atoms with E-state index in [2.05, 4.69) is 14.5 Å². The standard InChI is InChI=1S/C13H15Cl2N3O/c14-4-3-12-17-11-6-9(15)7-16-13(11)18(12)10-2-1-5-19-8-10/h6-7,10H,1-5,8H2. The van der Waals surface area contributed by atoms with E-state index in [1.807, 2.05) is 6.07 Å². The van der Waals surface area contributed by atoms with Gasteiger partial charge < -0.3 is 9.30 Å². The summed E-state index contributed by atoms with van der Waals surface area (Å²) in [5.74, 6) is 1.51. The third kappa shape index (κ3) is 2.57. The Hall–Kier alpha value is -0.840. The van der Waals surface area contributed by atoms with Gasteiger partial charge in [-0.1, -0.05) is 11.6 Å². The van der Waals surface area contributed by atoms with Gasteiger partial charge in [-0.05, 0) is 18.9 Å². The van der Waals surface area contributed by atoms with Crippen molar-refractivity contribution in [2.24, 2.45) is 0 Å². The monoisotopic (exact) mass is 299 g/mol. The van der Waals surface area contributed by atoms with Crippen molar-refractivity contribution in [2.75, 3.05) is 19.1 Å². The molecule has 3 heterocycles. The normalized spacial score (nSPS) is 20.0. The van der Waals surface area contributed by atoms with Crippen molar-refractivity contribution in [2.45, 2.75) is 25.3 Å². The Kier molecular flexibility index (Phi) is 3.91. The Balaban J connectivity index is 2.09. The molecule has 19 heavy (non-hydrogen) atoms. The average molecular weight is 300 g/mol. The van der Waals surface area contributed by atoms with Gasteiger partial charge in [0.15, 0.2) is 5.65 Å². The number of imidazole rings is 1. The molecule has 0 saturated carbocycles. The molecule has 2 aromatic heterocycles. The Labute approximate surface area is 121 Å². The van der Waals surface area contributed by atoms with Crippen molar-refractivity contribution in [1.29, 1.82) is 0 Å². The van der Waals surface area contributed by atoms with Crippen molar-refractivity contribution in [3.63, 3.8) is 0 Å². The van der Waals surface area contributed by atoms with Gasteiger partial charge in [0.2, 0.25) is 0 Å². The van der Waals surface area contributed by atoms with Crippen LogP contribution in [0.2, 0.25) is 5.02 Å². The van der Waals surface area contributed by atoms with E-state index in [0.717, 1.165) is 42.9 Å². The van der Waals surface area contributed by atoms with Crippen molar-refractivity contribution in [3.05, 3.63) is 23.1 Å². The van der Waals surface area contributed by atoms with E-state index in [1.165, 1.54) is 0 Å². The van der Waals surface area contributed by atoms with Crippen LogP contribution in [-0.2, 0) is 11.2 Å². The minimum Gasteiger partial charge on any atom is -0.379 e. The molecule has 1 saturated heterocycles. The highest BCUT2D eigenvalue weighted by molar-refractivity contribution is 6.31. The number of hydrogen-bond acceptors (Lipinski definition) is 3. The largest absolute Gasteiger partial charge is 0.379 e. The molecule has 1 aliphatic heterocycles. The van der Waals surface area contributed by atoms with Crippen molar-refractivity contribution < 1.29 is 4.74 Å². The molecule has 1 fully saturated rings. The van der Waals surface area contributed by atoms with Gasteiger partial charge in [-0.15, -0.1) is 11.6 Å². The van der Waals surface area contributed by atoms with Gasteiger partial charge in [-0.3, -0.25) is 0 Å². The molecule has 6 heteroatoms. The summed E-state index contributed by atoms with van der Waals surface area (Å²) in [6, 6.07) is 2.15. The lowest BCUT2D eigenvalue weighted by Gasteiger charge is -2.25. The molecule has 0 amide bonds. The molecule has 0 N–H and O–H groups in total. The van der Waals surface area contributed by atoms with Crippen LogP contribution in [0, 0.1) is 0 Å². The van der Waals surface area contributed by atoms with Crippen LogP contribution in [0.3, 0.4) is 0 Å². The lowest BCUT2D eigenvalue weighted by molar-refractivity contribution is 0.0594. The molecule has 0 spiro atoms. The van der Waals surface area contributed by atoms with Gasteiger partial charge in [0.1, 0.15) is 11.3 Å². The lowest BCUT2D eigenvalue weighted by atomic mass is 10.1. The molecule has 1 aliphatic rings. The zero-order valence-corrected chi connectivity index (χ0v) is 12.0. The number of rotatable bonds is 3. The lowest BCUT2D eigenvalue weighted by Crippen LogP contribution is -2.23. The second-order valence-corrected chi connectivity index (χ2v) is 5.52. The number of aryl methyl sites for hydroxylation is 1. The van der Waals surface area contributed by atoms with Crippen molar-refractivity contribution >= 4 is 34.4 Å². The van der Waals surface area contributed by atoms with Crippen LogP contribution >= 0.6 is 23.2 Å². The molecule has 0 aromatic carbocycles. The zero-order valence-electron chi connectivity index (χ0n) is 10.5. The SMILES string of the molecule is ClCCc1nc2cc(Cl)cnc2n1C1CCCOC1. The fraction of sp³-hybridized carbons (Fsp3) is 0.538. The van der Waals surface area contributed by atoms with Crippen molar-refractivity contribution in [3.8, 4) is 0 Å². The van der Waals surface area contributed by atoms with Crippen LogP contribution in [0.15, 0.2) is 12.3 Å². The first-order valence-electron chi connectivity index (χ1n) is 6.45. The van der Waals surface area contributed by atoms with Crippen LogP contribution in [0.4, 0.5) is 0 Å². The van der Waals surface area contributed by atoms with E-state index in [4.69, 9.17) is 27.9 Å². The maximum atomic E-state index is 5.98. The smallest absolute Gasteiger partial charge is 0.160 e. The molecule has 3 rings (SSSR count). The Morgan fingerprint density at radius 1 is 1.47 bits per heavy atom. The van der Waals surface area contributed by atoms with Crippen LogP contribution in [-0.4, -0.2) is 33.6 Å². The summed E-state index contributed by atoms with van der Waals surface area (Å²) in [5.41, 5.74) is 1.71. The Morgan fingerprint density at radius 3 is 3.11 bits per heavy atom. The quantitative estimate of drug-likeness (QED) is 0.817. The highest BCUT2D eigenvalue weighted by Crippen LogP contribution is 2.27. The molecule has 102 valence electrons. The number of nitrogens with zero attached hydrogens (tertiary/aromatic N) is 3. The van der Waals surface area contributed by atoms with Crippen LogP contribution in [0.1, 0.15) is 24.7 Å². The van der Waals surface area contributed by atoms with E-state index >= 15 is 0 Å². The van der Waals surface area contributed by atoms with E-state index in [9.17, 15) is 0 Å². The molecule has 1 atom stereocenters. The third-order valence-corrected chi connectivity index (χ3v) is 3.78. The number of halogens is 2. The van der Waals surface area contributed by atoms with Gasteiger partial charge >= 0.3 is 0 Å². The predicted molar refractivity (Wildman–Crippen MR) is 76.1 cm³/mol. The molecule has 4 nitrogen and oxygen atoms in total. The predicted octanol–water partition coefficient (Wildman–Crippen LogP) is 3.22. The fourth-order valence-electron chi connectivity index (χ4n) is 2.58.